The van der Waals surface area contributed by atoms with E-state index in [0.29, 0.717) is 0 Å². The van der Waals surface area contributed by atoms with Crippen LogP contribution in [0.5, 0.6) is 0 Å². The fourth-order valence-electron chi connectivity index (χ4n) is 2.67. The van der Waals surface area contributed by atoms with Crippen LogP contribution in [0.2, 0.25) is 0 Å². The Labute approximate surface area is 130 Å². The molecule has 2 aromatic rings. The smallest absolute Gasteiger partial charge is 0.205 e. The molecular weight excluding hydrogens is 296 g/mol. The van der Waals surface area contributed by atoms with E-state index in [1.807, 2.05) is 36.4 Å². The molecule has 0 spiro atoms. The molecule has 22 heavy (non-hydrogen) atoms. The summed E-state index contributed by atoms with van der Waals surface area (Å²) in [6, 6.07) is 17.1. The number of hydrazone groups is 1. The van der Waals surface area contributed by atoms with Gasteiger partial charge in [-0.15, -0.1) is 0 Å². The molecular formula is C17H18N2O2S. The Morgan fingerprint density at radius 1 is 0.955 bits per heavy atom. The second-order valence-corrected chi connectivity index (χ2v) is 7.11. The van der Waals surface area contributed by atoms with E-state index in [0.717, 1.165) is 36.1 Å². The lowest BCUT2D eigenvalue weighted by Gasteiger charge is -2.17. The predicted octanol–water partition coefficient (Wildman–Crippen LogP) is 2.85. The van der Waals surface area contributed by atoms with Crippen LogP contribution in [-0.4, -0.2) is 14.1 Å². The van der Waals surface area contributed by atoms with Crippen LogP contribution in [-0.2, 0) is 22.2 Å². The molecule has 1 N–H and O–H groups in total. The van der Waals surface area contributed by atoms with Crippen LogP contribution >= 0.6 is 0 Å². The van der Waals surface area contributed by atoms with Crippen LogP contribution in [0.3, 0.4) is 0 Å². The first-order valence-electron chi connectivity index (χ1n) is 7.32. The Morgan fingerprint density at radius 3 is 2.50 bits per heavy atom. The van der Waals surface area contributed by atoms with E-state index in [1.54, 1.807) is 12.1 Å². The maximum absolute atomic E-state index is 12.1. The first kappa shape index (κ1) is 14.8. The number of rotatable bonds is 4. The van der Waals surface area contributed by atoms with Crippen LogP contribution < -0.4 is 4.83 Å². The molecule has 0 radical (unpaired) electrons. The average molecular weight is 314 g/mol. The number of benzene rings is 2. The Kier molecular flexibility index (Phi) is 4.24. The van der Waals surface area contributed by atoms with Gasteiger partial charge in [0, 0.05) is 5.56 Å². The zero-order valence-corrected chi connectivity index (χ0v) is 13.0. The van der Waals surface area contributed by atoms with Crippen LogP contribution in [0, 0.1) is 0 Å². The van der Waals surface area contributed by atoms with Gasteiger partial charge in [0.2, 0.25) is 0 Å². The van der Waals surface area contributed by atoms with Crippen molar-refractivity contribution in [2.45, 2.75) is 25.0 Å². The van der Waals surface area contributed by atoms with E-state index in [1.165, 1.54) is 5.56 Å². The molecule has 3 rings (SSSR count). The van der Waals surface area contributed by atoms with E-state index >= 15 is 0 Å². The number of aryl methyl sites for hydroxylation is 1. The van der Waals surface area contributed by atoms with Gasteiger partial charge in [0.1, 0.15) is 0 Å². The van der Waals surface area contributed by atoms with Crippen LogP contribution in [0.4, 0.5) is 0 Å². The van der Waals surface area contributed by atoms with E-state index in [9.17, 15) is 8.42 Å². The molecule has 4 nitrogen and oxygen atoms in total. The largest absolute Gasteiger partial charge is 0.251 e. The lowest BCUT2D eigenvalue weighted by atomic mass is 9.90. The molecule has 0 bridgehead atoms. The lowest BCUT2D eigenvalue weighted by Crippen LogP contribution is -2.23. The molecule has 5 heteroatoms. The topological polar surface area (TPSA) is 58.5 Å². The van der Waals surface area contributed by atoms with E-state index in [4.69, 9.17) is 0 Å². The predicted molar refractivity (Wildman–Crippen MR) is 88.1 cm³/mol. The average Bonchev–Trinajstić information content (AvgIpc) is 2.53. The number of nitrogens with zero attached hydrogens (tertiary/aromatic N) is 1. The van der Waals surface area contributed by atoms with Crippen molar-refractivity contribution in [3.8, 4) is 0 Å². The van der Waals surface area contributed by atoms with Crippen molar-refractivity contribution in [2.24, 2.45) is 5.10 Å². The van der Waals surface area contributed by atoms with Crippen molar-refractivity contribution in [2.75, 3.05) is 0 Å². The highest BCUT2D eigenvalue weighted by atomic mass is 32.2. The summed E-state index contributed by atoms with van der Waals surface area (Å²) in [5.41, 5.74) is 3.85. The summed E-state index contributed by atoms with van der Waals surface area (Å²) in [7, 11) is -3.47. The van der Waals surface area contributed by atoms with E-state index < -0.39 is 10.0 Å². The fourth-order valence-corrected chi connectivity index (χ4v) is 3.61. The molecule has 0 aliphatic heterocycles. The minimum absolute atomic E-state index is 0.0632. The minimum Gasteiger partial charge on any atom is -0.205 e. The molecule has 0 saturated carbocycles. The summed E-state index contributed by atoms with van der Waals surface area (Å²) in [6.45, 7) is 0. The van der Waals surface area contributed by atoms with Gasteiger partial charge in [-0.2, -0.15) is 5.10 Å². The van der Waals surface area contributed by atoms with Crippen LogP contribution in [0.1, 0.15) is 29.5 Å². The number of hydrogen-bond donors (Lipinski definition) is 1. The van der Waals surface area contributed by atoms with Gasteiger partial charge in [0.15, 0.2) is 0 Å². The van der Waals surface area contributed by atoms with Crippen molar-refractivity contribution < 1.29 is 8.42 Å². The molecule has 1 aliphatic carbocycles. The summed E-state index contributed by atoms with van der Waals surface area (Å²) in [5, 5.41) is 4.17. The second-order valence-electron chi connectivity index (χ2n) is 5.41. The van der Waals surface area contributed by atoms with Gasteiger partial charge in [-0.3, -0.25) is 0 Å². The van der Waals surface area contributed by atoms with Crippen molar-refractivity contribution in [1.82, 2.24) is 4.83 Å². The first-order valence-corrected chi connectivity index (χ1v) is 8.97. The third kappa shape index (κ3) is 3.54. The van der Waals surface area contributed by atoms with Gasteiger partial charge < -0.3 is 0 Å². The Bertz CT molecular complexity index is 783. The zero-order valence-electron chi connectivity index (χ0n) is 12.2. The molecule has 0 unspecified atom stereocenters. The van der Waals surface area contributed by atoms with Gasteiger partial charge in [-0.1, -0.05) is 54.6 Å². The summed E-state index contributed by atoms with van der Waals surface area (Å²) in [5.74, 6) is -0.0632. The molecule has 0 heterocycles. The first-order chi connectivity index (χ1) is 10.6. The number of hydrogen-bond acceptors (Lipinski definition) is 3. The van der Waals surface area contributed by atoms with Crippen molar-refractivity contribution in [3.05, 3.63) is 71.3 Å². The summed E-state index contributed by atoms with van der Waals surface area (Å²) in [4.78, 5) is 2.38. The standard InChI is InChI=1S/C17H18N2O2S/c20-22(21,13-14-7-2-1-3-8-14)19-18-17-12-6-10-15-9-4-5-11-16(15)17/h1-5,7-9,11,19H,6,10,12-13H2. The summed E-state index contributed by atoms with van der Waals surface area (Å²) in [6.07, 6.45) is 2.81. The SMILES string of the molecule is O=S(=O)(Cc1ccccc1)NN=C1CCCc2ccccc21. The Hall–Kier alpha value is -2.14. The molecule has 2 aromatic carbocycles. The van der Waals surface area contributed by atoms with Gasteiger partial charge in [-0.05, 0) is 30.4 Å². The number of nitrogens with one attached hydrogen (secondary N) is 1. The monoisotopic (exact) mass is 314 g/mol. The minimum atomic E-state index is -3.47. The van der Waals surface area contributed by atoms with Gasteiger partial charge >= 0.3 is 0 Å². The van der Waals surface area contributed by atoms with E-state index in [2.05, 4.69) is 16.0 Å². The molecule has 114 valence electrons. The summed E-state index contributed by atoms with van der Waals surface area (Å²) < 4.78 is 24.3. The quantitative estimate of drug-likeness (QED) is 0.882. The molecule has 0 saturated heterocycles. The third-order valence-corrected chi connectivity index (χ3v) is 4.79. The second kappa shape index (κ2) is 6.32. The molecule has 0 fully saturated rings. The van der Waals surface area contributed by atoms with Crippen LogP contribution in [0.15, 0.2) is 59.7 Å². The van der Waals surface area contributed by atoms with Crippen molar-refractivity contribution in [3.63, 3.8) is 0 Å². The number of sulfonamides is 1. The maximum atomic E-state index is 12.1. The lowest BCUT2D eigenvalue weighted by molar-refractivity contribution is 0.583. The highest BCUT2D eigenvalue weighted by Gasteiger charge is 2.16. The van der Waals surface area contributed by atoms with Gasteiger partial charge in [0.05, 0.1) is 11.5 Å². The maximum Gasteiger partial charge on any atom is 0.251 e. The Balaban J connectivity index is 1.77. The summed E-state index contributed by atoms with van der Waals surface area (Å²) >= 11 is 0. The van der Waals surface area contributed by atoms with Gasteiger partial charge in [-0.25, -0.2) is 13.2 Å². The Morgan fingerprint density at radius 2 is 1.68 bits per heavy atom. The molecule has 1 aliphatic rings. The third-order valence-electron chi connectivity index (χ3n) is 3.71. The molecule has 0 aromatic heterocycles. The molecule has 0 amide bonds. The zero-order chi connectivity index (χ0) is 15.4. The van der Waals surface area contributed by atoms with Crippen molar-refractivity contribution in [1.29, 1.82) is 0 Å². The normalized spacial score (nSPS) is 16.3. The number of fused-ring (bicyclic) bond motifs is 1. The molecule has 0 atom stereocenters. The van der Waals surface area contributed by atoms with E-state index in [-0.39, 0.29) is 5.75 Å². The highest BCUT2D eigenvalue weighted by Crippen LogP contribution is 2.21. The van der Waals surface area contributed by atoms with Gasteiger partial charge in [0.25, 0.3) is 10.0 Å². The fraction of sp³-hybridized carbons (Fsp3) is 0.235. The van der Waals surface area contributed by atoms with Crippen molar-refractivity contribution >= 4 is 15.7 Å². The highest BCUT2D eigenvalue weighted by molar-refractivity contribution is 7.88. The van der Waals surface area contributed by atoms with Crippen LogP contribution in [0.25, 0.3) is 0 Å².